The molecule has 0 aliphatic heterocycles. The van der Waals surface area contributed by atoms with E-state index in [4.69, 9.17) is 16.3 Å². The van der Waals surface area contributed by atoms with Gasteiger partial charge in [-0.1, -0.05) is 79.5 Å². The highest BCUT2D eigenvalue weighted by molar-refractivity contribution is 7.09. The van der Waals surface area contributed by atoms with E-state index in [2.05, 4.69) is 11.1 Å². The number of benzene rings is 3. The third kappa shape index (κ3) is 5.94. The van der Waals surface area contributed by atoms with E-state index in [1.165, 1.54) is 11.3 Å². The third-order valence-corrected chi connectivity index (χ3v) is 7.35. The molecule has 0 aliphatic rings. The molecule has 1 heterocycles. The van der Waals surface area contributed by atoms with Crippen molar-refractivity contribution in [1.29, 1.82) is 5.26 Å². The SMILES string of the molecule is CCCc1sc(=NC(=O)c2ccccc2Cl)n(Cc2ccc(-c3ccccc3C#N)cc2)c1C(=O)OCC. The number of ether oxygens (including phenoxy) is 1. The van der Waals surface area contributed by atoms with Crippen LogP contribution in [0.4, 0.5) is 0 Å². The van der Waals surface area contributed by atoms with E-state index in [9.17, 15) is 14.9 Å². The minimum absolute atomic E-state index is 0.234. The number of aryl methyl sites for hydroxylation is 1. The molecule has 0 N–H and O–H groups in total. The van der Waals surface area contributed by atoms with Gasteiger partial charge in [0.25, 0.3) is 5.91 Å². The van der Waals surface area contributed by atoms with Gasteiger partial charge in [0.15, 0.2) is 4.80 Å². The lowest BCUT2D eigenvalue weighted by Gasteiger charge is -2.11. The number of thiazole rings is 1. The van der Waals surface area contributed by atoms with Gasteiger partial charge in [-0.15, -0.1) is 11.3 Å². The summed E-state index contributed by atoms with van der Waals surface area (Å²) in [4.78, 5) is 31.8. The number of carbonyl (C=O) groups is 2. The first kappa shape index (κ1) is 27.1. The van der Waals surface area contributed by atoms with Crippen molar-refractivity contribution in [3.63, 3.8) is 0 Å². The Morgan fingerprint density at radius 1 is 1.03 bits per heavy atom. The Bertz CT molecular complexity index is 1580. The standard InChI is InChI=1S/C30H26ClN3O3S/c1-3-9-26-27(29(36)37-4-2)34(30(38-26)33-28(35)24-12-7-8-13-25(24)31)19-20-14-16-21(17-15-20)23-11-6-5-10-22(23)18-32/h5-8,10-17H,3-4,9,19H2,1-2H3. The second-order valence-electron chi connectivity index (χ2n) is 8.46. The zero-order valence-corrected chi connectivity index (χ0v) is 22.7. The number of nitriles is 1. The van der Waals surface area contributed by atoms with Crippen molar-refractivity contribution in [3.05, 3.63) is 110 Å². The number of hydrogen-bond acceptors (Lipinski definition) is 5. The van der Waals surface area contributed by atoms with Crippen LogP contribution in [0.25, 0.3) is 11.1 Å². The molecule has 0 spiro atoms. The monoisotopic (exact) mass is 543 g/mol. The molecule has 0 atom stereocenters. The third-order valence-electron chi connectivity index (χ3n) is 5.88. The highest BCUT2D eigenvalue weighted by Crippen LogP contribution is 2.25. The fraction of sp³-hybridized carbons (Fsp3) is 0.200. The summed E-state index contributed by atoms with van der Waals surface area (Å²) >= 11 is 7.55. The fourth-order valence-corrected chi connectivity index (χ4v) is 5.52. The van der Waals surface area contributed by atoms with E-state index in [1.54, 1.807) is 41.8 Å². The second-order valence-corrected chi connectivity index (χ2v) is 9.93. The van der Waals surface area contributed by atoms with Crippen LogP contribution in [0.2, 0.25) is 5.02 Å². The summed E-state index contributed by atoms with van der Waals surface area (Å²) in [7, 11) is 0. The van der Waals surface area contributed by atoms with Crippen molar-refractivity contribution in [1.82, 2.24) is 4.57 Å². The normalized spacial score (nSPS) is 11.3. The predicted molar refractivity (Wildman–Crippen MR) is 149 cm³/mol. The van der Waals surface area contributed by atoms with Gasteiger partial charge in [0.2, 0.25) is 0 Å². The average molecular weight is 544 g/mol. The van der Waals surface area contributed by atoms with Gasteiger partial charge in [-0.2, -0.15) is 10.3 Å². The number of amides is 1. The first-order valence-corrected chi connectivity index (χ1v) is 13.5. The molecular formula is C30H26ClN3O3S. The highest BCUT2D eigenvalue weighted by atomic mass is 35.5. The Labute approximate surface area is 230 Å². The van der Waals surface area contributed by atoms with Gasteiger partial charge in [-0.3, -0.25) is 4.79 Å². The van der Waals surface area contributed by atoms with E-state index in [0.717, 1.165) is 28.0 Å². The minimum Gasteiger partial charge on any atom is -0.461 e. The van der Waals surface area contributed by atoms with Crippen molar-refractivity contribution >= 4 is 34.8 Å². The number of hydrogen-bond donors (Lipinski definition) is 0. The Kier molecular flexibility index (Phi) is 8.90. The van der Waals surface area contributed by atoms with Crippen LogP contribution >= 0.6 is 22.9 Å². The molecule has 0 radical (unpaired) electrons. The van der Waals surface area contributed by atoms with E-state index >= 15 is 0 Å². The quantitative estimate of drug-likeness (QED) is 0.233. The summed E-state index contributed by atoms with van der Waals surface area (Å²) in [5, 5.41) is 9.78. The topological polar surface area (TPSA) is 84.5 Å². The van der Waals surface area contributed by atoms with Crippen LogP contribution in [0.3, 0.4) is 0 Å². The molecule has 4 aromatic rings. The summed E-state index contributed by atoms with van der Waals surface area (Å²) in [6, 6.07) is 24.2. The van der Waals surface area contributed by atoms with Gasteiger partial charge in [0.1, 0.15) is 5.69 Å². The van der Waals surface area contributed by atoms with E-state index < -0.39 is 11.9 Å². The predicted octanol–water partition coefficient (Wildman–Crippen LogP) is 6.66. The molecule has 8 heteroatoms. The molecule has 0 bridgehead atoms. The highest BCUT2D eigenvalue weighted by Gasteiger charge is 2.22. The molecule has 0 aliphatic carbocycles. The summed E-state index contributed by atoms with van der Waals surface area (Å²) in [5.74, 6) is -0.925. The molecule has 1 aromatic heterocycles. The first-order valence-electron chi connectivity index (χ1n) is 12.3. The van der Waals surface area contributed by atoms with Gasteiger partial charge >= 0.3 is 5.97 Å². The minimum atomic E-state index is -0.479. The van der Waals surface area contributed by atoms with E-state index in [0.29, 0.717) is 39.6 Å². The van der Waals surface area contributed by atoms with Gasteiger partial charge in [-0.25, -0.2) is 4.79 Å². The Balaban J connectivity index is 1.80. The molecule has 0 unspecified atom stereocenters. The second kappa shape index (κ2) is 12.5. The molecule has 1 amide bonds. The van der Waals surface area contributed by atoms with Crippen LogP contribution in [0.5, 0.6) is 0 Å². The average Bonchev–Trinajstić information content (AvgIpc) is 3.25. The van der Waals surface area contributed by atoms with Gasteiger partial charge < -0.3 is 9.30 Å². The summed E-state index contributed by atoms with van der Waals surface area (Å²) in [5.41, 5.74) is 3.97. The molecule has 4 rings (SSSR count). The van der Waals surface area contributed by atoms with Gasteiger partial charge in [0, 0.05) is 4.88 Å². The van der Waals surface area contributed by atoms with Crippen molar-refractivity contribution in [2.24, 2.45) is 4.99 Å². The maximum Gasteiger partial charge on any atom is 0.356 e. The first-order chi connectivity index (χ1) is 18.5. The largest absolute Gasteiger partial charge is 0.461 e. The number of esters is 1. The molecule has 0 saturated carbocycles. The number of nitrogens with zero attached hydrogens (tertiary/aromatic N) is 3. The Morgan fingerprint density at radius 2 is 1.74 bits per heavy atom. The van der Waals surface area contributed by atoms with Crippen molar-refractivity contribution < 1.29 is 14.3 Å². The summed E-state index contributed by atoms with van der Waals surface area (Å²) < 4.78 is 7.14. The number of rotatable bonds is 8. The number of carbonyl (C=O) groups excluding carboxylic acids is 2. The zero-order chi connectivity index (χ0) is 27.1. The Morgan fingerprint density at radius 3 is 2.42 bits per heavy atom. The van der Waals surface area contributed by atoms with E-state index in [1.807, 2.05) is 49.4 Å². The van der Waals surface area contributed by atoms with Crippen LogP contribution in [0.15, 0.2) is 77.8 Å². The number of halogens is 1. The Hall–Kier alpha value is -3.99. The van der Waals surface area contributed by atoms with Crippen LogP contribution in [-0.4, -0.2) is 23.1 Å². The lowest BCUT2D eigenvalue weighted by Crippen LogP contribution is -2.23. The molecule has 0 fully saturated rings. The van der Waals surface area contributed by atoms with Crippen LogP contribution in [0.1, 0.15) is 57.1 Å². The van der Waals surface area contributed by atoms with Crippen LogP contribution < -0.4 is 4.80 Å². The van der Waals surface area contributed by atoms with Crippen molar-refractivity contribution in [3.8, 4) is 17.2 Å². The summed E-state index contributed by atoms with van der Waals surface area (Å²) in [6.07, 6.45) is 1.47. The molecule has 6 nitrogen and oxygen atoms in total. The molecule has 38 heavy (non-hydrogen) atoms. The number of aromatic nitrogens is 1. The lowest BCUT2D eigenvalue weighted by atomic mass is 9.99. The molecule has 0 saturated heterocycles. The summed E-state index contributed by atoms with van der Waals surface area (Å²) in [6.45, 7) is 4.34. The van der Waals surface area contributed by atoms with Crippen LogP contribution in [-0.2, 0) is 17.7 Å². The van der Waals surface area contributed by atoms with Crippen molar-refractivity contribution in [2.45, 2.75) is 33.2 Å². The lowest BCUT2D eigenvalue weighted by molar-refractivity contribution is 0.0512. The smallest absolute Gasteiger partial charge is 0.356 e. The molecule has 3 aromatic carbocycles. The van der Waals surface area contributed by atoms with Crippen LogP contribution in [0, 0.1) is 11.3 Å². The van der Waals surface area contributed by atoms with Gasteiger partial charge in [-0.05, 0) is 48.2 Å². The van der Waals surface area contributed by atoms with Gasteiger partial charge in [0.05, 0.1) is 35.4 Å². The zero-order valence-electron chi connectivity index (χ0n) is 21.1. The maximum absolute atomic E-state index is 13.1. The fourth-order valence-electron chi connectivity index (χ4n) is 4.10. The maximum atomic E-state index is 13.1. The van der Waals surface area contributed by atoms with Crippen molar-refractivity contribution in [2.75, 3.05) is 6.61 Å². The molecular weight excluding hydrogens is 518 g/mol. The molecule has 192 valence electrons. The van der Waals surface area contributed by atoms with E-state index in [-0.39, 0.29) is 6.61 Å².